The molecule has 0 radical (unpaired) electrons. The van der Waals surface area contributed by atoms with Gasteiger partial charge >= 0.3 is 12.0 Å². The zero-order valence-corrected chi connectivity index (χ0v) is 20.3. The summed E-state index contributed by atoms with van der Waals surface area (Å²) in [5, 5.41) is 11.4. The largest absolute Gasteiger partial charge is 0.486 e. The number of rotatable bonds is 6. The second-order valence-electron chi connectivity index (χ2n) is 7.90. The number of imide groups is 2. The predicted octanol–water partition coefficient (Wildman–Crippen LogP) is 5.25. The highest BCUT2D eigenvalue weighted by molar-refractivity contribution is 6.40. The third kappa shape index (κ3) is 5.25. The van der Waals surface area contributed by atoms with Gasteiger partial charge in [-0.3, -0.25) is 14.9 Å². The van der Waals surface area contributed by atoms with Crippen LogP contribution in [-0.2, 0) is 16.2 Å². The number of aryl methyl sites for hydroxylation is 1. The van der Waals surface area contributed by atoms with E-state index in [9.17, 15) is 19.2 Å². The molecule has 3 aromatic carbocycles. The molecule has 1 saturated heterocycles. The van der Waals surface area contributed by atoms with Crippen LogP contribution >= 0.6 is 23.2 Å². The van der Waals surface area contributed by atoms with Gasteiger partial charge in [0.25, 0.3) is 11.8 Å². The lowest BCUT2D eigenvalue weighted by Crippen LogP contribution is -2.54. The van der Waals surface area contributed by atoms with E-state index in [1.807, 2.05) is 6.92 Å². The van der Waals surface area contributed by atoms with E-state index in [2.05, 4.69) is 5.32 Å². The number of aromatic carboxylic acids is 1. The quantitative estimate of drug-likeness (QED) is 0.336. The molecule has 10 heteroatoms. The van der Waals surface area contributed by atoms with Gasteiger partial charge in [0, 0.05) is 0 Å². The molecule has 3 aromatic rings. The standard InChI is InChI=1S/C26H18Cl2N2O6/c1-14-2-8-18(9-3-14)30-24(32)19(23(31)29-26(30)35)10-16-11-20(27)22(21(28)12-16)36-13-15-4-6-17(7-5-15)25(33)34/h2-12H,13H2,1H3,(H,33,34)(H,29,31,35). The highest BCUT2D eigenvalue weighted by atomic mass is 35.5. The number of urea groups is 1. The van der Waals surface area contributed by atoms with Crippen LogP contribution < -0.4 is 15.0 Å². The maximum atomic E-state index is 13.0. The molecular formula is C26H18Cl2N2O6. The van der Waals surface area contributed by atoms with Gasteiger partial charge in [0.05, 0.1) is 21.3 Å². The number of nitrogens with one attached hydrogen (secondary N) is 1. The summed E-state index contributed by atoms with van der Waals surface area (Å²) in [6.07, 6.45) is 1.29. The Morgan fingerprint density at radius 1 is 1.00 bits per heavy atom. The van der Waals surface area contributed by atoms with Gasteiger partial charge in [-0.05, 0) is 60.5 Å². The fraction of sp³-hybridized carbons (Fsp3) is 0.0769. The molecule has 0 saturated carbocycles. The van der Waals surface area contributed by atoms with Gasteiger partial charge in [-0.25, -0.2) is 14.5 Å². The molecule has 36 heavy (non-hydrogen) atoms. The number of amides is 4. The molecular weight excluding hydrogens is 507 g/mol. The summed E-state index contributed by atoms with van der Waals surface area (Å²) >= 11 is 12.7. The average Bonchev–Trinajstić information content (AvgIpc) is 2.82. The van der Waals surface area contributed by atoms with Crippen LogP contribution in [0.5, 0.6) is 5.75 Å². The third-order valence-corrected chi connectivity index (χ3v) is 5.87. The van der Waals surface area contributed by atoms with Gasteiger partial charge in [-0.1, -0.05) is 53.0 Å². The summed E-state index contributed by atoms with van der Waals surface area (Å²) in [7, 11) is 0. The molecule has 0 aliphatic carbocycles. The van der Waals surface area contributed by atoms with E-state index in [0.29, 0.717) is 16.8 Å². The first-order valence-electron chi connectivity index (χ1n) is 10.6. The summed E-state index contributed by atoms with van der Waals surface area (Å²) in [5.41, 5.74) is 2.19. The van der Waals surface area contributed by atoms with Crippen molar-refractivity contribution in [1.29, 1.82) is 0 Å². The van der Waals surface area contributed by atoms with Gasteiger partial charge < -0.3 is 9.84 Å². The summed E-state index contributed by atoms with van der Waals surface area (Å²) in [5.74, 6) is -2.48. The Kier molecular flexibility index (Phi) is 7.10. The van der Waals surface area contributed by atoms with Crippen LogP contribution in [0.4, 0.5) is 10.5 Å². The minimum absolute atomic E-state index is 0.0777. The maximum absolute atomic E-state index is 13.0. The molecule has 0 atom stereocenters. The summed E-state index contributed by atoms with van der Waals surface area (Å²) in [6.45, 7) is 1.95. The lowest BCUT2D eigenvalue weighted by atomic mass is 10.1. The van der Waals surface area contributed by atoms with E-state index in [1.165, 1.54) is 30.3 Å². The van der Waals surface area contributed by atoms with Crippen molar-refractivity contribution in [3.05, 3.63) is 98.5 Å². The van der Waals surface area contributed by atoms with Gasteiger partial charge in [0.2, 0.25) is 0 Å². The molecule has 182 valence electrons. The molecule has 4 rings (SSSR count). The number of carboxylic acid groups (broad SMARTS) is 1. The highest BCUT2D eigenvalue weighted by Crippen LogP contribution is 2.36. The Morgan fingerprint density at radius 2 is 1.61 bits per heavy atom. The van der Waals surface area contributed by atoms with Crippen LogP contribution in [0.15, 0.2) is 66.2 Å². The molecule has 4 amide bonds. The number of halogens is 2. The molecule has 0 aromatic heterocycles. The molecule has 1 heterocycles. The third-order valence-electron chi connectivity index (χ3n) is 5.31. The van der Waals surface area contributed by atoms with E-state index in [0.717, 1.165) is 10.5 Å². The number of carbonyl (C=O) groups is 4. The smallest absolute Gasteiger partial charge is 0.335 e. The number of anilines is 1. The zero-order chi connectivity index (χ0) is 26.0. The fourth-order valence-electron chi connectivity index (χ4n) is 3.45. The first-order valence-corrected chi connectivity index (χ1v) is 11.3. The van der Waals surface area contributed by atoms with Crippen molar-refractivity contribution in [2.24, 2.45) is 0 Å². The SMILES string of the molecule is Cc1ccc(N2C(=O)NC(=O)C(=Cc3cc(Cl)c(OCc4ccc(C(=O)O)cc4)c(Cl)c3)C2=O)cc1. The van der Waals surface area contributed by atoms with E-state index < -0.39 is 23.8 Å². The molecule has 0 spiro atoms. The number of carbonyl (C=O) groups excluding carboxylic acids is 3. The lowest BCUT2D eigenvalue weighted by Gasteiger charge is -2.26. The first-order chi connectivity index (χ1) is 17.1. The van der Waals surface area contributed by atoms with E-state index in [1.54, 1.807) is 36.4 Å². The second-order valence-corrected chi connectivity index (χ2v) is 8.71. The van der Waals surface area contributed by atoms with Crippen molar-refractivity contribution in [3.63, 3.8) is 0 Å². The Hall–Kier alpha value is -4.14. The van der Waals surface area contributed by atoms with Crippen molar-refractivity contribution >= 4 is 58.8 Å². The lowest BCUT2D eigenvalue weighted by molar-refractivity contribution is -0.122. The van der Waals surface area contributed by atoms with Crippen LogP contribution in [0.25, 0.3) is 6.08 Å². The number of ether oxygens (including phenoxy) is 1. The van der Waals surface area contributed by atoms with E-state index in [4.69, 9.17) is 33.0 Å². The minimum atomic E-state index is -1.03. The van der Waals surface area contributed by atoms with Crippen molar-refractivity contribution in [3.8, 4) is 5.75 Å². The summed E-state index contributed by atoms with van der Waals surface area (Å²) in [4.78, 5) is 49.7. The molecule has 2 N–H and O–H groups in total. The molecule has 8 nitrogen and oxygen atoms in total. The maximum Gasteiger partial charge on any atom is 0.335 e. The van der Waals surface area contributed by atoms with Crippen LogP contribution in [0.1, 0.15) is 27.0 Å². The van der Waals surface area contributed by atoms with Gasteiger partial charge in [0.15, 0.2) is 5.75 Å². The van der Waals surface area contributed by atoms with Crippen molar-refractivity contribution in [2.75, 3.05) is 4.90 Å². The fourth-order valence-corrected chi connectivity index (χ4v) is 4.07. The number of benzene rings is 3. The molecule has 0 unspecified atom stereocenters. The monoisotopic (exact) mass is 524 g/mol. The topological polar surface area (TPSA) is 113 Å². The Bertz CT molecular complexity index is 1390. The predicted molar refractivity (Wildman–Crippen MR) is 134 cm³/mol. The van der Waals surface area contributed by atoms with Gasteiger partial charge in [-0.15, -0.1) is 0 Å². The molecule has 1 fully saturated rings. The van der Waals surface area contributed by atoms with Gasteiger partial charge in [-0.2, -0.15) is 0 Å². The van der Waals surface area contributed by atoms with Crippen LogP contribution in [0.3, 0.4) is 0 Å². The van der Waals surface area contributed by atoms with Crippen LogP contribution in [0.2, 0.25) is 10.0 Å². The first kappa shape index (κ1) is 25.0. The normalized spacial score (nSPS) is 14.7. The molecule has 1 aliphatic rings. The summed E-state index contributed by atoms with van der Waals surface area (Å²) < 4.78 is 5.71. The van der Waals surface area contributed by atoms with Crippen molar-refractivity contribution in [2.45, 2.75) is 13.5 Å². The average molecular weight is 525 g/mol. The number of carboxylic acids is 1. The Labute approximate surface area is 215 Å². The number of hydrogen-bond acceptors (Lipinski definition) is 5. The van der Waals surface area contributed by atoms with Crippen molar-refractivity contribution < 1.29 is 29.0 Å². The number of nitrogens with zero attached hydrogens (tertiary/aromatic N) is 1. The molecule has 0 bridgehead atoms. The Balaban J connectivity index is 1.57. The molecule has 1 aliphatic heterocycles. The van der Waals surface area contributed by atoms with E-state index >= 15 is 0 Å². The highest BCUT2D eigenvalue weighted by Gasteiger charge is 2.36. The number of hydrogen-bond donors (Lipinski definition) is 2. The van der Waals surface area contributed by atoms with Crippen LogP contribution in [0, 0.1) is 6.92 Å². The Morgan fingerprint density at radius 3 is 2.19 bits per heavy atom. The second kappa shape index (κ2) is 10.2. The van der Waals surface area contributed by atoms with Crippen molar-refractivity contribution in [1.82, 2.24) is 5.32 Å². The van der Waals surface area contributed by atoms with E-state index in [-0.39, 0.29) is 33.5 Å². The van der Waals surface area contributed by atoms with Crippen LogP contribution in [-0.4, -0.2) is 28.9 Å². The number of barbiturate groups is 1. The zero-order valence-electron chi connectivity index (χ0n) is 18.7. The minimum Gasteiger partial charge on any atom is -0.486 e. The summed E-state index contributed by atoms with van der Waals surface area (Å²) in [6, 6.07) is 14.9. The van der Waals surface area contributed by atoms with Gasteiger partial charge in [0.1, 0.15) is 12.2 Å².